The Hall–Kier alpha value is -2.84. The zero-order valence-corrected chi connectivity index (χ0v) is 22.2. The van der Waals surface area contributed by atoms with Gasteiger partial charge in [0.05, 0.1) is 13.8 Å². The lowest BCUT2D eigenvalue weighted by Crippen LogP contribution is -2.36. The lowest BCUT2D eigenvalue weighted by Gasteiger charge is -2.33. The minimum atomic E-state index is -1.95. The Balaban J connectivity index is 1.59. The molecule has 172 valence electrons. The maximum absolute atomic E-state index is 2.68. The van der Waals surface area contributed by atoms with Crippen LogP contribution in [0.3, 0.4) is 0 Å². The Bertz CT molecular complexity index is 1450. The van der Waals surface area contributed by atoms with Crippen molar-refractivity contribution in [2.75, 3.05) is 0 Å². The van der Waals surface area contributed by atoms with Crippen LogP contribution in [0.1, 0.15) is 65.5 Å². The minimum Gasteiger partial charge on any atom is -0.343 e. The molecule has 0 amide bonds. The summed E-state index contributed by atoms with van der Waals surface area (Å²) in [6.07, 6.45) is 6.51. The summed E-state index contributed by atoms with van der Waals surface area (Å²) in [6, 6.07) is 25.5. The van der Waals surface area contributed by atoms with E-state index in [2.05, 4.69) is 111 Å². The van der Waals surface area contributed by atoms with E-state index >= 15 is 0 Å². The van der Waals surface area contributed by atoms with Crippen LogP contribution in [-0.4, -0.2) is 12.6 Å². The van der Waals surface area contributed by atoms with E-state index in [0.29, 0.717) is 11.5 Å². The molecule has 0 saturated carbocycles. The van der Waals surface area contributed by atoms with Gasteiger partial charge in [0.1, 0.15) is 0 Å². The third-order valence-electron chi connectivity index (χ3n) is 8.51. The van der Waals surface area contributed by atoms with Crippen LogP contribution in [0, 0.1) is 6.92 Å². The van der Waals surface area contributed by atoms with Crippen LogP contribution in [-0.2, 0) is 7.05 Å². The van der Waals surface area contributed by atoms with E-state index in [0.717, 1.165) is 0 Å². The number of unbranched alkanes of at least 4 members (excludes halogenated alkanes) is 1. The first kappa shape index (κ1) is 21.7. The van der Waals surface area contributed by atoms with Crippen LogP contribution >= 0.6 is 0 Å². The molecule has 0 fully saturated rings. The van der Waals surface area contributed by atoms with E-state index < -0.39 is 8.07 Å². The molecule has 2 aliphatic rings. The summed E-state index contributed by atoms with van der Waals surface area (Å²) in [7, 11) is 0.314. The van der Waals surface area contributed by atoms with E-state index in [1.54, 1.807) is 21.9 Å². The van der Waals surface area contributed by atoms with Crippen molar-refractivity contribution in [2.45, 2.75) is 57.7 Å². The maximum atomic E-state index is 2.68. The molecule has 3 aromatic carbocycles. The van der Waals surface area contributed by atoms with Crippen molar-refractivity contribution in [1.82, 2.24) is 4.57 Å². The molecule has 4 aromatic rings. The average Bonchev–Trinajstić information content (AvgIpc) is 3.47. The molecule has 2 heteroatoms. The highest BCUT2D eigenvalue weighted by atomic mass is 28.3. The number of rotatable bonds is 5. The van der Waals surface area contributed by atoms with Crippen LogP contribution in [0.4, 0.5) is 0 Å². The van der Waals surface area contributed by atoms with Gasteiger partial charge in [0, 0.05) is 35.0 Å². The van der Waals surface area contributed by atoms with Crippen molar-refractivity contribution in [1.29, 1.82) is 0 Å². The highest BCUT2D eigenvalue weighted by Crippen LogP contribution is 2.56. The van der Waals surface area contributed by atoms with Crippen molar-refractivity contribution >= 4 is 24.2 Å². The van der Waals surface area contributed by atoms with Crippen LogP contribution in [0.2, 0.25) is 13.1 Å². The fourth-order valence-electron chi connectivity index (χ4n) is 6.90. The van der Waals surface area contributed by atoms with E-state index in [-0.39, 0.29) is 0 Å². The van der Waals surface area contributed by atoms with Gasteiger partial charge in [0.2, 0.25) is 0 Å². The van der Waals surface area contributed by atoms with Gasteiger partial charge in [-0.25, -0.2) is 0 Å². The molecule has 2 unspecified atom stereocenters. The van der Waals surface area contributed by atoms with Crippen molar-refractivity contribution in [3.8, 4) is 11.3 Å². The standard InChI is InChI=1S/C32H35NSi/c1-6-7-12-22-20-29(24-14-9-8-13-23(22)24)34(4,5)32-26-16-11-10-15-25(26)31-30(32)27-19-21(2)17-18-28(27)33(31)3/h8-11,13-20,22,32H,6-7,12H2,1-5H3. The van der Waals surface area contributed by atoms with Crippen molar-refractivity contribution in [3.63, 3.8) is 0 Å². The predicted octanol–water partition coefficient (Wildman–Crippen LogP) is 8.76. The molecule has 6 rings (SSSR count). The summed E-state index contributed by atoms with van der Waals surface area (Å²) < 4.78 is 2.45. The third-order valence-corrected chi connectivity index (χ3v) is 12.4. The molecular weight excluding hydrogens is 426 g/mol. The van der Waals surface area contributed by atoms with Crippen LogP contribution in [0.25, 0.3) is 27.4 Å². The second-order valence-electron chi connectivity index (χ2n) is 11.0. The quantitative estimate of drug-likeness (QED) is 0.262. The van der Waals surface area contributed by atoms with E-state index in [9.17, 15) is 0 Å². The second-order valence-corrected chi connectivity index (χ2v) is 15.6. The first-order valence-corrected chi connectivity index (χ1v) is 16.0. The highest BCUT2D eigenvalue weighted by molar-refractivity contribution is 6.96. The lowest BCUT2D eigenvalue weighted by atomic mass is 9.96. The summed E-state index contributed by atoms with van der Waals surface area (Å²) >= 11 is 0. The second kappa shape index (κ2) is 7.85. The smallest absolute Gasteiger partial charge is 0.0932 e. The van der Waals surface area contributed by atoms with Gasteiger partial charge in [-0.3, -0.25) is 0 Å². The summed E-state index contributed by atoms with van der Waals surface area (Å²) in [6.45, 7) is 9.79. The van der Waals surface area contributed by atoms with Crippen LogP contribution < -0.4 is 0 Å². The molecule has 0 bridgehead atoms. The van der Waals surface area contributed by atoms with Gasteiger partial charge >= 0.3 is 0 Å². The number of fused-ring (bicyclic) bond motifs is 6. The number of allylic oxidation sites excluding steroid dienone is 1. The van der Waals surface area contributed by atoms with Gasteiger partial charge in [-0.2, -0.15) is 0 Å². The molecule has 34 heavy (non-hydrogen) atoms. The van der Waals surface area contributed by atoms with Gasteiger partial charge in [-0.1, -0.05) is 104 Å². The van der Waals surface area contributed by atoms with Gasteiger partial charge in [-0.15, -0.1) is 0 Å². The fourth-order valence-corrected chi connectivity index (χ4v) is 10.8. The Kier molecular flexibility index (Phi) is 5.00. The molecule has 0 aliphatic heterocycles. The highest BCUT2D eigenvalue weighted by Gasteiger charge is 2.47. The SMILES string of the molecule is CCCCC1C=C([Si](C)(C)C2c3ccccc3-c3c2c2cc(C)ccc2n3C)c2ccccc21. The first-order chi connectivity index (χ1) is 16.4. The third kappa shape index (κ3) is 2.97. The molecule has 1 nitrogen and oxygen atoms in total. The Morgan fingerprint density at radius 1 is 0.882 bits per heavy atom. The molecule has 1 aromatic heterocycles. The van der Waals surface area contributed by atoms with Crippen LogP contribution in [0.5, 0.6) is 0 Å². The van der Waals surface area contributed by atoms with Gasteiger partial charge in [0.25, 0.3) is 0 Å². The zero-order chi connectivity index (χ0) is 23.6. The molecule has 0 saturated heterocycles. The van der Waals surface area contributed by atoms with Gasteiger partial charge in [0.15, 0.2) is 0 Å². The molecule has 0 radical (unpaired) electrons. The number of hydrogen-bond donors (Lipinski definition) is 0. The summed E-state index contributed by atoms with van der Waals surface area (Å²) in [4.78, 5) is 0. The summed E-state index contributed by atoms with van der Waals surface area (Å²) in [5.41, 5.74) is 12.3. The summed E-state index contributed by atoms with van der Waals surface area (Å²) in [5, 5.41) is 3.12. The number of nitrogens with zero attached hydrogens (tertiary/aromatic N) is 1. The number of aromatic nitrogens is 1. The number of hydrogen-bond acceptors (Lipinski definition) is 0. The monoisotopic (exact) mass is 461 g/mol. The minimum absolute atomic E-state index is 0.466. The Labute approximate surface area is 205 Å². The molecule has 2 atom stereocenters. The predicted molar refractivity (Wildman–Crippen MR) is 149 cm³/mol. The number of benzene rings is 3. The first-order valence-electron chi connectivity index (χ1n) is 12.9. The largest absolute Gasteiger partial charge is 0.343 e. The Morgan fingerprint density at radius 2 is 1.59 bits per heavy atom. The van der Waals surface area contributed by atoms with Crippen molar-refractivity contribution in [3.05, 3.63) is 101 Å². The average molecular weight is 462 g/mol. The fraction of sp³-hybridized carbons (Fsp3) is 0.312. The normalized spacial score (nSPS) is 18.7. The van der Waals surface area contributed by atoms with Crippen LogP contribution in [0.15, 0.2) is 72.8 Å². The summed E-state index contributed by atoms with van der Waals surface area (Å²) in [5.74, 6) is 0.573. The Morgan fingerprint density at radius 3 is 2.35 bits per heavy atom. The molecule has 0 N–H and O–H groups in total. The van der Waals surface area contributed by atoms with Crippen molar-refractivity contribution < 1.29 is 0 Å². The van der Waals surface area contributed by atoms with E-state index in [1.165, 1.54) is 52.5 Å². The lowest BCUT2D eigenvalue weighted by molar-refractivity contribution is 0.669. The molecule has 0 spiro atoms. The van der Waals surface area contributed by atoms with Gasteiger partial charge in [-0.05, 0) is 47.7 Å². The van der Waals surface area contributed by atoms with Gasteiger partial charge < -0.3 is 4.57 Å². The van der Waals surface area contributed by atoms with E-state index in [1.807, 2.05) is 0 Å². The molecule has 1 heterocycles. The number of aryl methyl sites for hydroxylation is 2. The molecule has 2 aliphatic carbocycles. The molecular formula is C32H35NSi. The van der Waals surface area contributed by atoms with E-state index in [4.69, 9.17) is 0 Å². The van der Waals surface area contributed by atoms with Crippen molar-refractivity contribution in [2.24, 2.45) is 7.05 Å². The maximum Gasteiger partial charge on any atom is 0.0932 e. The topological polar surface area (TPSA) is 4.93 Å². The zero-order valence-electron chi connectivity index (χ0n) is 21.2.